The van der Waals surface area contributed by atoms with Crippen molar-refractivity contribution in [2.75, 3.05) is 6.61 Å². The van der Waals surface area contributed by atoms with Crippen LogP contribution in [0.4, 0.5) is 0 Å². The van der Waals surface area contributed by atoms with Gasteiger partial charge in [0, 0.05) is 3.92 Å². The molecule has 5 aliphatic rings. The van der Waals surface area contributed by atoms with Gasteiger partial charge in [0.15, 0.2) is 0 Å². The van der Waals surface area contributed by atoms with Gasteiger partial charge in [0.1, 0.15) is 0 Å². The highest BCUT2D eigenvalue weighted by atomic mass is 127. The lowest BCUT2D eigenvalue weighted by molar-refractivity contribution is -0.133. The van der Waals surface area contributed by atoms with Gasteiger partial charge < -0.3 is 9.84 Å². The summed E-state index contributed by atoms with van der Waals surface area (Å²) < 4.78 is 7.12. The van der Waals surface area contributed by atoms with E-state index in [4.69, 9.17) is 4.74 Å². The van der Waals surface area contributed by atoms with E-state index in [1.165, 1.54) is 38.5 Å². The van der Waals surface area contributed by atoms with Crippen molar-refractivity contribution in [1.82, 2.24) is 0 Å². The molecule has 5 rings (SSSR count). The van der Waals surface area contributed by atoms with Crippen LogP contribution in [0.3, 0.4) is 0 Å². The van der Waals surface area contributed by atoms with Gasteiger partial charge in [0.2, 0.25) is 0 Å². The molecule has 2 nitrogen and oxygen atoms in total. The lowest BCUT2D eigenvalue weighted by Crippen LogP contribution is -2.54. The van der Waals surface area contributed by atoms with E-state index in [1.807, 2.05) is 0 Å². The molecule has 0 spiro atoms. The average Bonchev–Trinajstić information content (AvgIpc) is 2.92. The standard InChI is InChI=1S/C23H37IO2/c1-13-19(24)12-26-20-11-18-16-5-4-14-10-15(25)6-8-22(14,2)17(16)7-9-23(18,3)21(13)20/h13-21,25H,4-12H2,1-3H3/t13-,14?,15+,16-,17?,18?,19?,20?,21?,22+,23+/m1/s1. The van der Waals surface area contributed by atoms with Crippen molar-refractivity contribution in [3.8, 4) is 0 Å². The van der Waals surface area contributed by atoms with Gasteiger partial charge in [-0.25, -0.2) is 0 Å². The van der Waals surface area contributed by atoms with E-state index in [2.05, 4.69) is 43.4 Å². The molecular weight excluding hydrogens is 435 g/mol. The number of aliphatic hydroxyl groups is 1. The molecule has 148 valence electrons. The lowest BCUT2D eigenvalue weighted by Gasteiger charge is -2.61. The quantitative estimate of drug-likeness (QED) is 0.375. The Morgan fingerprint density at radius 2 is 1.73 bits per heavy atom. The first-order chi connectivity index (χ1) is 12.3. The molecule has 11 atom stereocenters. The van der Waals surface area contributed by atoms with Gasteiger partial charge in [-0.3, -0.25) is 0 Å². The van der Waals surface area contributed by atoms with E-state index in [-0.39, 0.29) is 6.10 Å². The second-order valence-electron chi connectivity index (χ2n) is 11.1. The van der Waals surface area contributed by atoms with E-state index in [0.29, 0.717) is 20.9 Å². The minimum Gasteiger partial charge on any atom is -0.393 e. The first kappa shape index (κ1) is 18.7. The zero-order chi connectivity index (χ0) is 18.3. The number of hydrogen-bond acceptors (Lipinski definition) is 2. The SMILES string of the molecule is C[C@@H]1C(I)COC2CC3[C@@H]4CCC5C[C@@H](O)CC[C@]5(C)C4CC[C@]3(C)C21. The molecule has 1 N–H and O–H groups in total. The first-order valence-corrected chi connectivity index (χ1v) is 12.5. The summed E-state index contributed by atoms with van der Waals surface area (Å²) in [4.78, 5) is 0. The number of rotatable bonds is 0. The smallest absolute Gasteiger partial charge is 0.0615 e. The summed E-state index contributed by atoms with van der Waals surface area (Å²) in [5.74, 6) is 5.05. The predicted molar refractivity (Wildman–Crippen MR) is 113 cm³/mol. The molecule has 6 unspecified atom stereocenters. The third kappa shape index (κ3) is 2.47. The number of aliphatic hydroxyl groups excluding tert-OH is 1. The maximum absolute atomic E-state index is 10.2. The van der Waals surface area contributed by atoms with Crippen LogP contribution in [0.1, 0.15) is 72.1 Å². The van der Waals surface area contributed by atoms with Crippen molar-refractivity contribution >= 4 is 22.6 Å². The largest absolute Gasteiger partial charge is 0.393 e. The summed E-state index contributed by atoms with van der Waals surface area (Å²) in [5.41, 5.74) is 1.00. The second-order valence-corrected chi connectivity index (χ2v) is 12.7. The normalized spacial score (nSPS) is 62.0. The number of halogens is 1. The number of hydrogen-bond donors (Lipinski definition) is 1. The molecule has 1 aliphatic heterocycles. The molecule has 3 heteroatoms. The number of fused-ring (bicyclic) bond motifs is 7. The molecule has 26 heavy (non-hydrogen) atoms. The summed E-state index contributed by atoms with van der Waals surface area (Å²) in [5, 5.41) is 10.2. The Bertz CT molecular complexity index is 566. The van der Waals surface area contributed by atoms with Crippen molar-refractivity contribution in [1.29, 1.82) is 0 Å². The van der Waals surface area contributed by atoms with Gasteiger partial charge in [0.25, 0.3) is 0 Å². The molecule has 5 fully saturated rings. The molecule has 1 heterocycles. The fraction of sp³-hybridized carbons (Fsp3) is 1.00. The highest BCUT2D eigenvalue weighted by Crippen LogP contribution is 2.69. The molecule has 0 radical (unpaired) electrons. The van der Waals surface area contributed by atoms with Crippen LogP contribution in [0.2, 0.25) is 0 Å². The third-order valence-electron chi connectivity index (χ3n) is 10.3. The molecule has 1 saturated heterocycles. The van der Waals surface area contributed by atoms with Crippen LogP contribution >= 0.6 is 22.6 Å². The molecule has 0 aromatic heterocycles. The highest BCUT2D eigenvalue weighted by molar-refractivity contribution is 14.1. The Morgan fingerprint density at radius 3 is 2.54 bits per heavy atom. The van der Waals surface area contributed by atoms with Crippen molar-refractivity contribution in [2.24, 2.45) is 46.3 Å². The minimum atomic E-state index is -0.0253. The molecule has 4 saturated carbocycles. The first-order valence-electron chi connectivity index (χ1n) is 11.3. The van der Waals surface area contributed by atoms with Gasteiger partial charge >= 0.3 is 0 Å². The topological polar surface area (TPSA) is 29.5 Å². The number of ether oxygens (including phenoxy) is 1. The van der Waals surface area contributed by atoms with E-state index in [1.54, 1.807) is 0 Å². The van der Waals surface area contributed by atoms with Gasteiger partial charge in [-0.05, 0) is 97.7 Å². The third-order valence-corrected chi connectivity index (χ3v) is 11.8. The van der Waals surface area contributed by atoms with E-state index in [9.17, 15) is 5.11 Å². The van der Waals surface area contributed by atoms with Gasteiger partial charge in [0.05, 0.1) is 18.8 Å². The van der Waals surface area contributed by atoms with Crippen LogP contribution < -0.4 is 0 Å². The molecule has 0 bridgehead atoms. The summed E-state index contributed by atoms with van der Waals surface area (Å²) in [7, 11) is 0. The van der Waals surface area contributed by atoms with E-state index < -0.39 is 0 Å². The fourth-order valence-corrected chi connectivity index (χ4v) is 9.62. The van der Waals surface area contributed by atoms with Crippen LogP contribution in [0.5, 0.6) is 0 Å². The van der Waals surface area contributed by atoms with Crippen LogP contribution in [0.15, 0.2) is 0 Å². The summed E-state index contributed by atoms with van der Waals surface area (Å²) in [6.07, 6.45) is 10.8. The van der Waals surface area contributed by atoms with Crippen molar-refractivity contribution in [3.63, 3.8) is 0 Å². The van der Waals surface area contributed by atoms with Crippen molar-refractivity contribution < 1.29 is 9.84 Å². The Balaban J connectivity index is 1.44. The Labute approximate surface area is 173 Å². The maximum Gasteiger partial charge on any atom is 0.0615 e. The van der Waals surface area contributed by atoms with Crippen molar-refractivity contribution in [3.05, 3.63) is 0 Å². The average molecular weight is 472 g/mol. The Morgan fingerprint density at radius 1 is 0.962 bits per heavy atom. The monoisotopic (exact) mass is 472 g/mol. The van der Waals surface area contributed by atoms with Crippen LogP contribution in [-0.4, -0.2) is 27.8 Å². The van der Waals surface area contributed by atoms with Crippen LogP contribution in [-0.2, 0) is 4.74 Å². The lowest BCUT2D eigenvalue weighted by atomic mass is 9.44. The summed E-state index contributed by atoms with van der Waals surface area (Å²) in [6.45, 7) is 8.73. The fourth-order valence-electron chi connectivity index (χ4n) is 8.97. The summed E-state index contributed by atoms with van der Waals surface area (Å²) >= 11 is 2.65. The minimum absolute atomic E-state index is 0.0253. The van der Waals surface area contributed by atoms with Gasteiger partial charge in [-0.1, -0.05) is 43.4 Å². The zero-order valence-corrected chi connectivity index (χ0v) is 19.0. The van der Waals surface area contributed by atoms with E-state index >= 15 is 0 Å². The summed E-state index contributed by atoms with van der Waals surface area (Å²) in [6, 6.07) is 0. The highest BCUT2D eigenvalue weighted by Gasteiger charge is 2.64. The molecule has 0 amide bonds. The Hall–Kier alpha value is 0.650. The molecule has 0 aromatic rings. The van der Waals surface area contributed by atoms with Gasteiger partial charge in [-0.15, -0.1) is 0 Å². The van der Waals surface area contributed by atoms with Crippen molar-refractivity contribution in [2.45, 2.75) is 88.3 Å². The van der Waals surface area contributed by atoms with Gasteiger partial charge in [-0.2, -0.15) is 0 Å². The maximum atomic E-state index is 10.2. The number of alkyl halides is 1. The van der Waals surface area contributed by atoms with E-state index in [0.717, 1.165) is 55.0 Å². The predicted octanol–water partition coefficient (Wildman–Crippen LogP) is 5.45. The Kier molecular flexibility index (Phi) is 4.54. The van der Waals surface area contributed by atoms with Crippen LogP contribution in [0.25, 0.3) is 0 Å². The van der Waals surface area contributed by atoms with Crippen LogP contribution in [0, 0.1) is 46.3 Å². The second kappa shape index (κ2) is 6.32. The molecule has 4 aliphatic carbocycles. The molecule has 0 aromatic carbocycles. The zero-order valence-electron chi connectivity index (χ0n) is 16.8. The molecular formula is C23H37IO2.